The van der Waals surface area contributed by atoms with Crippen molar-refractivity contribution in [1.29, 1.82) is 0 Å². The van der Waals surface area contributed by atoms with Gasteiger partial charge in [-0.05, 0) is 24.3 Å². The Labute approximate surface area is 128 Å². The third-order valence-electron chi connectivity index (χ3n) is 4.11. The van der Waals surface area contributed by atoms with Crippen molar-refractivity contribution in [2.24, 2.45) is 10.9 Å². The number of hydrogen-bond acceptors (Lipinski definition) is 4. The van der Waals surface area contributed by atoms with Crippen molar-refractivity contribution in [3.63, 3.8) is 0 Å². The molecule has 1 heterocycles. The smallest absolute Gasteiger partial charge is 0.199 e. The fraction of sp³-hybridized carbons (Fsp3) is 0.375. The maximum Gasteiger partial charge on any atom is 0.199 e. The Morgan fingerprint density at radius 3 is 2.57 bits per heavy atom. The molecule has 0 spiro atoms. The van der Waals surface area contributed by atoms with Crippen LogP contribution < -0.4 is 5.73 Å². The van der Waals surface area contributed by atoms with Crippen LogP contribution in [0.3, 0.4) is 0 Å². The number of thiazole rings is 1. The average Bonchev–Trinajstić information content (AvgIpc) is 3.05. The van der Waals surface area contributed by atoms with Crippen molar-refractivity contribution < 1.29 is 5.21 Å². The van der Waals surface area contributed by atoms with E-state index in [2.05, 4.69) is 34.4 Å². The van der Waals surface area contributed by atoms with E-state index in [0.29, 0.717) is 5.01 Å². The molecule has 0 saturated heterocycles. The Balaban J connectivity index is 1.78. The fourth-order valence-corrected chi connectivity index (χ4v) is 3.65. The molecule has 0 radical (unpaired) electrons. The molecule has 3 rings (SSSR count). The molecular weight excluding hydrogens is 282 g/mol. The number of oxime groups is 1. The van der Waals surface area contributed by atoms with Crippen LogP contribution >= 0.6 is 11.3 Å². The lowest BCUT2D eigenvalue weighted by molar-refractivity contribution is 0.318. The Bertz CT molecular complexity index is 627. The van der Waals surface area contributed by atoms with Gasteiger partial charge < -0.3 is 10.9 Å². The highest BCUT2D eigenvalue weighted by Gasteiger charge is 2.15. The van der Waals surface area contributed by atoms with Crippen LogP contribution in [0.1, 0.15) is 48.6 Å². The van der Waals surface area contributed by atoms with Crippen molar-refractivity contribution >= 4 is 17.2 Å². The standard InChI is InChI=1S/C16H19N3OS/c17-15(19-20)16-18-14(10-21-16)13-8-6-12(7-9-13)11-4-2-1-3-5-11/h6-11,20H,1-5H2,(H2,17,19). The largest absolute Gasteiger partial charge is 0.409 e. The highest BCUT2D eigenvalue weighted by Crippen LogP contribution is 2.33. The molecule has 5 heteroatoms. The minimum Gasteiger partial charge on any atom is -0.409 e. The van der Waals surface area contributed by atoms with E-state index in [0.717, 1.165) is 17.2 Å². The van der Waals surface area contributed by atoms with Gasteiger partial charge in [0.1, 0.15) is 0 Å². The monoisotopic (exact) mass is 301 g/mol. The molecule has 1 aromatic heterocycles. The average molecular weight is 301 g/mol. The molecular formula is C16H19N3OS. The Hall–Kier alpha value is -1.88. The van der Waals surface area contributed by atoms with E-state index in [9.17, 15) is 0 Å². The summed E-state index contributed by atoms with van der Waals surface area (Å²) in [5, 5.41) is 14.1. The van der Waals surface area contributed by atoms with Gasteiger partial charge in [0.15, 0.2) is 10.8 Å². The molecule has 110 valence electrons. The molecule has 0 aliphatic heterocycles. The van der Waals surface area contributed by atoms with Gasteiger partial charge in [-0.25, -0.2) is 4.98 Å². The van der Waals surface area contributed by atoms with E-state index < -0.39 is 0 Å². The van der Waals surface area contributed by atoms with Gasteiger partial charge in [-0.15, -0.1) is 11.3 Å². The lowest BCUT2D eigenvalue weighted by atomic mass is 9.84. The summed E-state index contributed by atoms with van der Waals surface area (Å²) >= 11 is 1.38. The molecule has 1 fully saturated rings. The molecule has 21 heavy (non-hydrogen) atoms. The number of rotatable bonds is 3. The maximum atomic E-state index is 8.68. The summed E-state index contributed by atoms with van der Waals surface area (Å²) in [5.74, 6) is 0.779. The molecule has 0 bridgehead atoms. The number of nitrogens with two attached hydrogens (primary N) is 1. The second kappa shape index (κ2) is 6.26. The van der Waals surface area contributed by atoms with Gasteiger partial charge in [0, 0.05) is 10.9 Å². The molecule has 1 aliphatic carbocycles. The number of nitrogens with zero attached hydrogens (tertiary/aromatic N) is 2. The van der Waals surface area contributed by atoms with Gasteiger partial charge in [0.05, 0.1) is 5.69 Å². The van der Waals surface area contributed by atoms with Crippen LogP contribution in [0.4, 0.5) is 0 Å². The summed E-state index contributed by atoms with van der Waals surface area (Å²) in [6, 6.07) is 8.67. The van der Waals surface area contributed by atoms with Crippen LogP contribution in [0.15, 0.2) is 34.8 Å². The first-order chi connectivity index (χ1) is 10.3. The summed E-state index contributed by atoms with van der Waals surface area (Å²) in [7, 11) is 0. The zero-order chi connectivity index (χ0) is 14.7. The SMILES string of the molecule is N/C(=N\O)c1nc(-c2ccc(C3CCCCC3)cc2)cs1. The zero-order valence-electron chi connectivity index (χ0n) is 11.8. The molecule has 2 aromatic rings. The summed E-state index contributed by atoms with van der Waals surface area (Å²) in [5.41, 5.74) is 8.93. The minimum atomic E-state index is 0.0603. The molecule has 0 amide bonds. The van der Waals surface area contributed by atoms with Gasteiger partial charge in [-0.2, -0.15) is 0 Å². The summed E-state index contributed by atoms with van der Waals surface area (Å²) in [6.45, 7) is 0. The minimum absolute atomic E-state index is 0.0603. The first kappa shape index (κ1) is 14.1. The highest BCUT2D eigenvalue weighted by molar-refractivity contribution is 7.12. The van der Waals surface area contributed by atoms with Crippen molar-refractivity contribution in [2.45, 2.75) is 38.0 Å². The van der Waals surface area contributed by atoms with Gasteiger partial charge in [-0.3, -0.25) is 0 Å². The van der Waals surface area contributed by atoms with Crippen LogP contribution in [-0.2, 0) is 0 Å². The van der Waals surface area contributed by atoms with E-state index in [1.54, 1.807) is 0 Å². The predicted molar refractivity (Wildman–Crippen MR) is 85.9 cm³/mol. The van der Waals surface area contributed by atoms with Crippen molar-refractivity contribution in [3.8, 4) is 11.3 Å². The lowest BCUT2D eigenvalue weighted by Gasteiger charge is -2.22. The molecule has 0 unspecified atom stereocenters. The molecule has 1 saturated carbocycles. The number of aromatic nitrogens is 1. The summed E-state index contributed by atoms with van der Waals surface area (Å²) in [6.07, 6.45) is 6.70. The van der Waals surface area contributed by atoms with Gasteiger partial charge in [-0.1, -0.05) is 48.7 Å². The molecule has 4 nitrogen and oxygen atoms in total. The quantitative estimate of drug-likeness (QED) is 0.390. The van der Waals surface area contributed by atoms with Crippen LogP contribution in [0.2, 0.25) is 0 Å². The van der Waals surface area contributed by atoms with Gasteiger partial charge in [0.2, 0.25) is 0 Å². The second-order valence-corrected chi connectivity index (χ2v) is 6.34. The first-order valence-electron chi connectivity index (χ1n) is 7.31. The number of benzene rings is 1. The lowest BCUT2D eigenvalue weighted by Crippen LogP contribution is -2.12. The highest BCUT2D eigenvalue weighted by atomic mass is 32.1. The topological polar surface area (TPSA) is 71.5 Å². The third-order valence-corrected chi connectivity index (χ3v) is 4.98. The van der Waals surface area contributed by atoms with Gasteiger partial charge >= 0.3 is 0 Å². The van der Waals surface area contributed by atoms with Crippen LogP contribution in [0.25, 0.3) is 11.3 Å². The van der Waals surface area contributed by atoms with Crippen LogP contribution in [0, 0.1) is 0 Å². The fourth-order valence-electron chi connectivity index (χ4n) is 2.93. The Kier molecular flexibility index (Phi) is 4.20. The Morgan fingerprint density at radius 1 is 1.19 bits per heavy atom. The summed E-state index contributed by atoms with van der Waals surface area (Å²) < 4.78 is 0. The predicted octanol–water partition coefficient (Wildman–Crippen LogP) is 3.95. The van der Waals surface area contributed by atoms with Crippen molar-refractivity contribution in [1.82, 2.24) is 4.98 Å². The number of hydrogen-bond donors (Lipinski definition) is 2. The van der Waals surface area contributed by atoms with Crippen molar-refractivity contribution in [3.05, 3.63) is 40.2 Å². The van der Waals surface area contributed by atoms with Gasteiger partial charge in [0.25, 0.3) is 0 Å². The maximum absolute atomic E-state index is 8.68. The van der Waals surface area contributed by atoms with E-state index >= 15 is 0 Å². The number of amidine groups is 1. The molecule has 3 N–H and O–H groups in total. The third kappa shape index (κ3) is 3.08. The van der Waals surface area contributed by atoms with E-state index in [1.165, 1.54) is 49.0 Å². The van der Waals surface area contributed by atoms with E-state index in [-0.39, 0.29) is 5.84 Å². The molecule has 1 aromatic carbocycles. The van der Waals surface area contributed by atoms with E-state index in [4.69, 9.17) is 10.9 Å². The normalized spacial score (nSPS) is 17.0. The van der Waals surface area contributed by atoms with Crippen LogP contribution in [-0.4, -0.2) is 16.0 Å². The van der Waals surface area contributed by atoms with Crippen LogP contribution in [0.5, 0.6) is 0 Å². The van der Waals surface area contributed by atoms with Crippen molar-refractivity contribution in [2.75, 3.05) is 0 Å². The first-order valence-corrected chi connectivity index (χ1v) is 8.19. The van der Waals surface area contributed by atoms with E-state index in [1.807, 2.05) is 5.38 Å². The molecule has 0 atom stereocenters. The molecule has 1 aliphatic rings. The Morgan fingerprint density at radius 2 is 1.90 bits per heavy atom. The zero-order valence-corrected chi connectivity index (χ0v) is 12.6. The summed E-state index contributed by atoms with van der Waals surface area (Å²) in [4.78, 5) is 4.40. The second-order valence-electron chi connectivity index (χ2n) is 5.48.